The second-order valence-electron chi connectivity index (χ2n) is 15.5. The molecule has 15 heteroatoms. The minimum atomic E-state index is -4.46. The van der Waals surface area contributed by atoms with Gasteiger partial charge in [0.05, 0.1) is 11.4 Å². The van der Waals surface area contributed by atoms with Crippen LogP contribution >= 0.6 is 0 Å². The highest BCUT2D eigenvalue weighted by atomic mass is 19.4. The number of anilines is 2. The summed E-state index contributed by atoms with van der Waals surface area (Å²) in [6, 6.07) is 26.2. The minimum absolute atomic E-state index is 0.311. The van der Waals surface area contributed by atoms with E-state index < -0.39 is 41.9 Å². The standard InChI is InChI=1S/C24H20N4O2.C22H15F3N4O2/c29-23-22(28(24(30)27-23)19-8-7-16-9-10-25-21(16)12-19)17-5-1-14(2-6-17)18-11-20(26-13-18)15-3-4-15;23-22(24,25)18-9-15(11-27-18)12-1-3-14(4-2-12)19-20(30)28-21(31)29(19)16-6-5-13-7-8-26-17(13)10-16/h1-2,5-8,10-13,15,22,26H,3-4,9H2,(H,27,29,30);1-6,8-11,19,27H,7H2,(H,28,30,31). The molecule has 0 spiro atoms. The average Bonchev–Trinajstić information content (AvgIpc) is 3.89. The Kier molecular flexibility index (Phi) is 9.04. The van der Waals surface area contributed by atoms with Crippen molar-refractivity contribution in [1.82, 2.24) is 20.6 Å². The molecule has 12 nitrogen and oxygen atoms in total. The predicted octanol–water partition coefficient (Wildman–Crippen LogP) is 9.37. The number of benzene rings is 4. The van der Waals surface area contributed by atoms with Crippen LogP contribution in [0.25, 0.3) is 22.3 Å². The summed E-state index contributed by atoms with van der Waals surface area (Å²) < 4.78 is 38.5. The molecule has 4 aliphatic heterocycles. The summed E-state index contributed by atoms with van der Waals surface area (Å²) in [6.45, 7) is 0. The molecule has 6 aromatic rings. The largest absolute Gasteiger partial charge is 0.431 e. The van der Waals surface area contributed by atoms with Gasteiger partial charge >= 0.3 is 18.2 Å². The van der Waals surface area contributed by atoms with Gasteiger partial charge in [0.25, 0.3) is 11.8 Å². The lowest BCUT2D eigenvalue weighted by Crippen LogP contribution is -2.29. The van der Waals surface area contributed by atoms with Crippen LogP contribution < -0.4 is 20.4 Å². The number of imide groups is 2. The summed E-state index contributed by atoms with van der Waals surface area (Å²) >= 11 is 0. The number of nitrogens with zero attached hydrogens (tertiary/aromatic N) is 4. The van der Waals surface area contributed by atoms with E-state index in [1.54, 1.807) is 42.6 Å². The first-order valence-electron chi connectivity index (χ1n) is 19.7. The Bertz CT molecular complexity index is 2820. The highest BCUT2D eigenvalue weighted by Crippen LogP contribution is 2.42. The normalized spacial score (nSPS) is 18.9. The average molecular weight is 821 g/mol. The molecule has 2 atom stereocenters. The van der Waals surface area contributed by atoms with Gasteiger partial charge in [-0.2, -0.15) is 13.2 Å². The number of carbonyl (C=O) groups excluding carboxylic acids is 4. The number of halogens is 3. The molecular formula is C46H35F3N8O4. The van der Waals surface area contributed by atoms with Crippen molar-refractivity contribution in [3.63, 3.8) is 0 Å². The summed E-state index contributed by atoms with van der Waals surface area (Å²) in [5.74, 6) is -0.103. The van der Waals surface area contributed by atoms with Crippen LogP contribution in [-0.2, 0) is 28.6 Å². The SMILES string of the molecule is O=C1NC(=O)N(c2ccc3c(c2)N=CC3)C1c1ccc(-c2c[nH]c(C(F)(F)F)c2)cc1.O=C1NC(=O)N(c2ccc3c(c2)N=CC3)C1c1ccc(-c2c[nH]c(C3CC3)c2)cc1. The molecule has 11 rings (SSSR count). The first-order chi connectivity index (χ1) is 29.5. The lowest BCUT2D eigenvalue weighted by Gasteiger charge is -2.22. The second-order valence-corrected chi connectivity index (χ2v) is 15.5. The van der Waals surface area contributed by atoms with E-state index in [-0.39, 0.29) is 5.91 Å². The summed E-state index contributed by atoms with van der Waals surface area (Å²) in [7, 11) is 0. The molecule has 1 saturated carbocycles. The van der Waals surface area contributed by atoms with Gasteiger partial charge in [0.15, 0.2) is 0 Å². The van der Waals surface area contributed by atoms with Crippen LogP contribution in [0.5, 0.6) is 0 Å². The highest BCUT2D eigenvalue weighted by Gasteiger charge is 2.42. The van der Waals surface area contributed by atoms with Crippen LogP contribution in [0.15, 0.2) is 119 Å². The van der Waals surface area contributed by atoms with Crippen LogP contribution in [0.1, 0.15) is 64.5 Å². The Morgan fingerprint density at radius 1 is 0.557 bits per heavy atom. The van der Waals surface area contributed by atoms with E-state index in [2.05, 4.69) is 36.7 Å². The molecule has 4 aromatic carbocycles. The third-order valence-electron chi connectivity index (χ3n) is 11.5. The number of rotatable bonds is 7. The van der Waals surface area contributed by atoms with Gasteiger partial charge in [0, 0.05) is 54.7 Å². The van der Waals surface area contributed by atoms with Crippen molar-refractivity contribution < 1.29 is 32.3 Å². The van der Waals surface area contributed by atoms with Gasteiger partial charge in [-0.05, 0) is 99.7 Å². The fourth-order valence-electron chi connectivity index (χ4n) is 8.19. The molecule has 6 heterocycles. The van der Waals surface area contributed by atoms with Crippen molar-refractivity contribution >= 4 is 59.1 Å². The van der Waals surface area contributed by atoms with Gasteiger partial charge in [-0.15, -0.1) is 0 Å². The number of urea groups is 2. The maximum atomic E-state index is 12.8. The lowest BCUT2D eigenvalue weighted by atomic mass is 10.0. The Labute approximate surface area is 346 Å². The number of alkyl halides is 3. The first kappa shape index (κ1) is 37.7. The summed E-state index contributed by atoms with van der Waals surface area (Å²) in [6.07, 6.45) is 6.53. The Balaban J connectivity index is 0.000000146. The number of aliphatic imine (C=N–C) groups is 2. The summed E-state index contributed by atoms with van der Waals surface area (Å²) in [5.41, 5.74) is 9.93. The van der Waals surface area contributed by atoms with Crippen LogP contribution in [0.2, 0.25) is 0 Å². The van der Waals surface area contributed by atoms with E-state index in [4.69, 9.17) is 0 Å². The van der Waals surface area contributed by atoms with Gasteiger partial charge in [-0.3, -0.25) is 40.0 Å². The van der Waals surface area contributed by atoms with E-state index in [1.807, 2.05) is 60.9 Å². The van der Waals surface area contributed by atoms with Crippen LogP contribution in [0, 0.1) is 0 Å². The zero-order valence-electron chi connectivity index (χ0n) is 32.2. The van der Waals surface area contributed by atoms with Crippen molar-refractivity contribution in [2.75, 3.05) is 9.80 Å². The van der Waals surface area contributed by atoms with Gasteiger partial charge < -0.3 is 9.97 Å². The van der Waals surface area contributed by atoms with Crippen LogP contribution in [-0.4, -0.2) is 46.3 Å². The van der Waals surface area contributed by atoms with Gasteiger partial charge in [0.2, 0.25) is 0 Å². The molecular weight excluding hydrogens is 786 g/mol. The number of nitrogens with one attached hydrogen (secondary N) is 4. The first-order valence-corrected chi connectivity index (χ1v) is 19.7. The minimum Gasteiger partial charge on any atom is -0.364 e. The molecule has 2 aromatic heterocycles. The molecule has 4 N–H and O–H groups in total. The van der Waals surface area contributed by atoms with Crippen molar-refractivity contribution in [2.45, 2.75) is 49.9 Å². The Morgan fingerprint density at radius 3 is 1.49 bits per heavy atom. The number of amides is 6. The van der Waals surface area contributed by atoms with Gasteiger partial charge in [-0.25, -0.2) is 9.59 Å². The monoisotopic (exact) mass is 820 g/mol. The Morgan fingerprint density at radius 2 is 1.03 bits per heavy atom. The van der Waals surface area contributed by atoms with Crippen LogP contribution in [0.4, 0.5) is 45.5 Å². The zero-order chi connectivity index (χ0) is 42.0. The molecule has 0 radical (unpaired) electrons. The molecule has 2 unspecified atom stereocenters. The smallest absolute Gasteiger partial charge is 0.364 e. The second kappa shape index (κ2) is 14.6. The number of hydrogen-bond acceptors (Lipinski definition) is 6. The van der Waals surface area contributed by atoms with Crippen molar-refractivity contribution in [2.24, 2.45) is 9.98 Å². The Hall–Kier alpha value is -7.55. The predicted molar refractivity (Wildman–Crippen MR) is 224 cm³/mol. The topological polar surface area (TPSA) is 155 Å². The highest BCUT2D eigenvalue weighted by molar-refractivity contribution is 6.15. The van der Waals surface area contributed by atoms with E-state index in [1.165, 1.54) is 34.5 Å². The number of aromatic nitrogens is 2. The van der Waals surface area contributed by atoms with E-state index in [0.29, 0.717) is 34.0 Å². The molecule has 1 aliphatic carbocycles. The quantitative estimate of drug-likeness (QED) is 0.119. The van der Waals surface area contributed by atoms with E-state index in [0.717, 1.165) is 58.1 Å². The van der Waals surface area contributed by atoms with Crippen LogP contribution in [0.3, 0.4) is 0 Å². The third-order valence-corrected chi connectivity index (χ3v) is 11.5. The summed E-state index contributed by atoms with van der Waals surface area (Å²) in [5, 5.41) is 4.78. The fraction of sp³-hybridized carbons (Fsp3) is 0.174. The molecule has 2 saturated heterocycles. The van der Waals surface area contributed by atoms with Gasteiger partial charge in [0.1, 0.15) is 17.8 Å². The molecule has 3 fully saturated rings. The van der Waals surface area contributed by atoms with E-state index in [9.17, 15) is 32.3 Å². The van der Waals surface area contributed by atoms with Gasteiger partial charge in [-0.1, -0.05) is 60.7 Å². The number of fused-ring (bicyclic) bond motifs is 2. The molecule has 6 amide bonds. The number of H-pyrrole nitrogens is 2. The maximum absolute atomic E-state index is 12.8. The van der Waals surface area contributed by atoms with E-state index >= 15 is 0 Å². The van der Waals surface area contributed by atoms with Crippen molar-refractivity contribution in [1.29, 1.82) is 0 Å². The zero-order valence-corrected chi connectivity index (χ0v) is 32.2. The molecule has 0 bridgehead atoms. The lowest BCUT2D eigenvalue weighted by molar-refractivity contribution is -0.140. The number of carbonyl (C=O) groups is 4. The fourth-order valence-corrected chi connectivity index (χ4v) is 8.19. The van der Waals surface area contributed by atoms with Crippen molar-refractivity contribution in [3.8, 4) is 22.3 Å². The molecule has 304 valence electrons. The summed E-state index contributed by atoms with van der Waals surface area (Å²) in [4.78, 5) is 67.4. The molecule has 5 aliphatic rings. The molecule has 61 heavy (non-hydrogen) atoms. The number of aromatic amines is 2. The maximum Gasteiger partial charge on any atom is 0.431 e. The number of hydrogen-bond donors (Lipinski definition) is 4. The third kappa shape index (κ3) is 7.07. The van der Waals surface area contributed by atoms with Crippen molar-refractivity contribution in [3.05, 3.63) is 143 Å².